The predicted molar refractivity (Wildman–Crippen MR) is 114 cm³/mol. The number of carbonyl (C=O) groups excluding carboxylic acids is 1. The summed E-state index contributed by atoms with van der Waals surface area (Å²) >= 11 is 5.90. The Morgan fingerprint density at radius 2 is 1.84 bits per heavy atom. The van der Waals surface area contributed by atoms with Gasteiger partial charge in [-0.2, -0.15) is 0 Å². The molecular formula is C18H14N2O8S3. The quantitative estimate of drug-likeness (QED) is 0.390. The summed E-state index contributed by atoms with van der Waals surface area (Å²) in [5, 5.41) is 23.3. The van der Waals surface area contributed by atoms with Crippen molar-refractivity contribution in [1.29, 1.82) is 0 Å². The summed E-state index contributed by atoms with van der Waals surface area (Å²) in [6.45, 7) is 0. The van der Waals surface area contributed by atoms with Crippen molar-refractivity contribution < 1.29 is 37.4 Å². The summed E-state index contributed by atoms with van der Waals surface area (Å²) in [6.07, 6.45) is 0.565. The number of carbonyl (C=O) groups is 3. The molecule has 31 heavy (non-hydrogen) atoms. The highest BCUT2D eigenvalue weighted by molar-refractivity contribution is 8.26. The molecule has 0 radical (unpaired) electrons. The zero-order valence-electron chi connectivity index (χ0n) is 15.4. The Morgan fingerprint density at radius 3 is 2.39 bits per heavy atom. The van der Waals surface area contributed by atoms with E-state index < -0.39 is 40.3 Å². The molecule has 162 valence electrons. The molecule has 1 aromatic heterocycles. The Hall–Kier alpha value is -3.00. The highest BCUT2D eigenvalue weighted by atomic mass is 32.2. The number of nitrogens with two attached hydrogens (primary N) is 1. The first-order chi connectivity index (χ1) is 14.5. The largest absolute Gasteiger partial charge is 0.481 e. The van der Waals surface area contributed by atoms with E-state index in [4.69, 9.17) is 26.9 Å². The average Bonchev–Trinajstić information content (AvgIpc) is 3.24. The smallest absolute Gasteiger partial charge is 0.327 e. The lowest BCUT2D eigenvalue weighted by molar-refractivity contribution is -0.150. The van der Waals surface area contributed by atoms with E-state index in [1.165, 1.54) is 30.3 Å². The average molecular weight is 483 g/mol. The van der Waals surface area contributed by atoms with Crippen molar-refractivity contribution >= 4 is 62.2 Å². The lowest BCUT2D eigenvalue weighted by Crippen LogP contribution is -2.45. The van der Waals surface area contributed by atoms with Gasteiger partial charge in [0.25, 0.3) is 5.91 Å². The molecule has 1 aromatic carbocycles. The molecule has 3 rings (SSSR count). The number of hydrogen-bond donors (Lipinski definition) is 3. The minimum Gasteiger partial charge on any atom is -0.481 e. The summed E-state index contributed by atoms with van der Waals surface area (Å²) in [7, 11) is -3.83. The second-order valence-corrected chi connectivity index (χ2v) is 9.51. The fourth-order valence-electron chi connectivity index (χ4n) is 2.73. The van der Waals surface area contributed by atoms with Crippen molar-refractivity contribution in [3.63, 3.8) is 0 Å². The number of sulfonamides is 1. The molecule has 0 bridgehead atoms. The van der Waals surface area contributed by atoms with E-state index in [0.29, 0.717) is 11.3 Å². The van der Waals surface area contributed by atoms with Crippen LogP contribution >= 0.6 is 24.0 Å². The number of benzene rings is 1. The van der Waals surface area contributed by atoms with E-state index in [2.05, 4.69) is 0 Å². The molecule has 1 fully saturated rings. The van der Waals surface area contributed by atoms with Gasteiger partial charge in [0.2, 0.25) is 10.0 Å². The van der Waals surface area contributed by atoms with Crippen molar-refractivity contribution in [3.8, 4) is 11.3 Å². The van der Waals surface area contributed by atoms with E-state index >= 15 is 0 Å². The van der Waals surface area contributed by atoms with Gasteiger partial charge in [0, 0.05) is 11.6 Å². The number of furan rings is 1. The molecule has 1 atom stereocenters. The topological polar surface area (TPSA) is 168 Å². The second-order valence-electron chi connectivity index (χ2n) is 6.28. The summed E-state index contributed by atoms with van der Waals surface area (Å²) in [4.78, 5) is 35.8. The monoisotopic (exact) mass is 482 g/mol. The van der Waals surface area contributed by atoms with Crippen LogP contribution in [0.4, 0.5) is 0 Å². The number of aliphatic carboxylic acids is 2. The fraction of sp³-hybridized carbons (Fsp3) is 0.111. The molecule has 13 heteroatoms. The zero-order valence-corrected chi connectivity index (χ0v) is 17.9. The summed E-state index contributed by atoms with van der Waals surface area (Å²) < 4.78 is 28.3. The van der Waals surface area contributed by atoms with Crippen LogP contribution in [-0.2, 0) is 24.4 Å². The SMILES string of the molecule is NS(=O)(=O)c1ccc(-c2ccc(/C=C3\SC(=S)N([C@@H](CC(=O)O)C(=O)O)C3=O)o2)cc1. The third-order valence-corrected chi connectivity index (χ3v) is 6.42. The van der Waals surface area contributed by atoms with Crippen molar-refractivity contribution in [2.45, 2.75) is 17.4 Å². The third-order valence-electron chi connectivity index (χ3n) is 4.16. The van der Waals surface area contributed by atoms with E-state index in [1.807, 2.05) is 0 Å². The normalized spacial score (nSPS) is 16.7. The number of amides is 1. The molecule has 1 aliphatic heterocycles. The van der Waals surface area contributed by atoms with Crippen LogP contribution in [-0.4, -0.2) is 51.7 Å². The Bertz CT molecular complexity index is 1210. The first-order valence-corrected chi connectivity index (χ1v) is 11.2. The number of thioether (sulfide) groups is 1. The van der Waals surface area contributed by atoms with Crippen LogP contribution in [0, 0.1) is 0 Å². The molecule has 10 nitrogen and oxygen atoms in total. The molecule has 0 aliphatic carbocycles. The van der Waals surface area contributed by atoms with Gasteiger partial charge in [-0.05, 0) is 36.4 Å². The lowest BCUT2D eigenvalue weighted by Gasteiger charge is -2.21. The van der Waals surface area contributed by atoms with Gasteiger partial charge in [-0.15, -0.1) is 0 Å². The molecule has 2 heterocycles. The van der Waals surface area contributed by atoms with Crippen molar-refractivity contribution in [2.75, 3.05) is 0 Å². The zero-order chi connectivity index (χ0) is 22.9. The Morgan fingerprint density at radius 1 is 1.19 bits per heavy atom. The molecule has 1 amide bonds. The number of primary sulfonamides is 1. The highest BCUT2D eigenvalue weighted by Crippen LogP contribution is 2.35. The minimum absolute atomic E-state index is 0.0546. The van der Waals surface area contributed by atoms with Gasteiger partial charge in [0.15, 0.2) is 0 Å². The van der Waals surface area contributed by atoms with E-state index in [-0.39, 0.29) is 19.9 Å². The molecule has 0 unspecified atom stereocenters. The molecule has 0 spiro atoms. The molecule has 2 aromatic rings. The number of rotatable bonds is 7. The summed E-state index contributed by atoms with van der Waals surface area (Å²) in [6, 6.07) is 7.19. The maximum atomic E-state index is 12.6. The van der Waals surface area contributed by atoms with Crippen LogP contribution in [0.3, 0.4) is 0 Å². The molecule has 1 aliphatic rings. The van der Waals surface area contributed by atoms with Crippen LogP contribution in [0.25, 0.3) is 17.4 Å². The maximum Gasteiger partial charge on any atom is 0.327 e. The Labute approximate surface area is 185 Å². The fourth-order valence-corrected chi connectivity index (χ4v) is 4.58. The highest BCUT2D eigenvalue weighted by Gasteiger charge is 2.41. The van der Waals surface area contributed by atoms with Crippen LogP contribution in [0.2, 0.25) is 0 Å². The van der Waals surface area contributed by atoms with Gasteiger partial charge in [0.05, 0.1) is 16.2 Å². The van der Waals surface area contributed by atoms with Gasteiger partial charge >= 0.3 is 11.9 Å². The Balaban J connectivity index is 1.84. The third kappa shape index (κ3) is 5.02. The maximum absolute atomic E-state index is 12.6. The predicted octanol–water partition coefficient (Wildman–Crippen LogP) is 1.72. The van der Waals surface area contributed by atoms with Crippen molar-refractivity contribution in [3.05, 3.63) is 47.1 Å². The van der Waals surface area contributed by atoms with Crippen LogP contribution in [0.5, 0.6) is 0 Å². The van der Waals surface area contributed by atoms with Gasteiger partial charge < -0.3 is 14.6 Å². The Kier molecular flexibility index (Phi) is 6.31. The standard InChI is InChI=1S/C18H14N2O8S3/c19-31(26,27)11-4-1-9(2-5-11)13-6-3-10(28-13)7-14-16(23)20(18(29)30-14)12(17(24)25)8-15(21)22/h1-7,12H,8H2,(H,21,22)(H,24,25)(H2,19,26,27)/b14-7-/t12-/m0/s1. The van der Waals surface area contributed by atoms with Crippen LogP contribution < -0.4 is 5.14 Å². The van der Waals surface area contributed by atoms with E-state index in [1.54, 1.807) is 12.1 Å². The van der Waals surface area contributed by atoms with E-state index in [9.17, 15) is 27.9 Å². The van der Waals surface area contributed by atoms with E-state index in [0.717, 1.165) is 16.7 Å². The van der Waals surface area contributed by atoms with Gasteiger partial charge in [-0.3, -0.25) is 14.5 Å². The first kappa shape index (κ1) is 22.7. The van der Waals surface area contributed by atoms with Gasteiger partial charge in [-0.1, -0.05) is 24.0 Å². The number of hydrogen-bond acceptors (Lipinski definition) is 8. The summed E-state index contributed by atoms with van der Waals surface area (Å²) in [5.74, 6) is -2.95. The van der Waals surface area contributed by atoms with Gasteiger partial charge in [-0.25, -0.2) is 18.4 Å². The molecular weight excluding hydrogens is 468 g/mol. The van der Waals surface area contributed by atoms with Crippen molar-refractivity contribution in [1.82, 2.24) is 4.90 Å². The van der Waals surface area contributed by atoms with Crippen LogP contribution in [0.15, 0.2) is 50.6 Å². The number of carboxylic acids is 2. The number of nitrogens with zero attached hydrogens (tertiary/aromatic N) is 1. The van der Waals surface area contributed by atoms with Gasteiger partial charge in [0.1, 0.15) is 21.9 Å². The molecule has 0 saturated carbocycles. The van der Waals surface area contributed by atoms with Crippen LogP contribution in [0.1, 0.15) is 12.2 Å². The first-order valence-electron chi connectivity index (χ1n) is 8.42. The summed E-state index contributed by atoms with van der Waals surface area (Å²) in [5.41, 5.74) is 0.562. The second kappa shape index (κ2) is 8.63. The minimum atomic E-state index is -3.83. The number of thiocarbonyl (C=S) groups is 1. The molecule has 1 saturated heterocycles. The van der Waals surface area contributed by atoms with Crippen molar-refractivity contribution in [2.24, 2.45) is 5.14 Å². The lowest BCUT2D eigenvalue weighted by atomic mass is 10.2. The molecule has 4 N–H and O–H groups in total. The number of carboxylic acid groups (broad SMARTS) is 2.